The number of benzene rings is 2. The molecule has 2 amide bonds. The Labute approximate surface area is 205 Å². The lowest BCUT2D eigenvalue weighted by Gasteiger charge is -2.29. The quantitative estimate of drug-likeness (QED) is 0.491. The molecule has 186 valence electrons. The van der Waals surface area contributed by atoms with E-state index in [4.69, 9.17) is 4.74 Å². The van der Waals surface area contributed by atoms with Gasteiger partial charge in [-0.3, -0.25) is 4.90 Å². The Bertz CT molecular complexity index is 835. The van der Waals surface area contributed by atoms with Crippen molar-refractivity contribution >= 4 is 6.03 Å². The van der Waals surface area contributed by atoms with E-state index in [9.17, 15) is 4.79 Å². The number of amides is 2. The van der Waals surface area contributed by atoms with E-state index in [0.717, 1.165) is 64.5 Å². The molecule has 2 aromatic carbocycles. The van der Waals surface area contributed by atoms with E-state index in [0.29, 0.717) is 12.5 Å². The summed E-state index contributed by atoms with van der Waals surface area (Å²) < 4.78 is 5.45. The van der Waals surface area contributed by atoms with Gasteiger partial charge in [-0.2, -0.15) is 0 Å². The summed E-state index contributed by atoms with van der Waals surface area (Å²) in [5, 5.41) is 6.69. The fraction of sp³-hybridized carbons (Fsp3) is 0.536. The van der Waals surface area contributed by atoms with Gasteiger partial charge in [0.2, 0.25) is 0 Å². The molecule has 1 heterocycles. The number of carbonyl (C=O) groups is 1. The number of morpholine rings is 1. The lowest BCUT2D eigenvalue weighted by atomic mass is 10.1. The Kier molecular flexibility index (Phi) is 10.9. The summed E-state index contributed by atoms with van der Waals surface area (Å²) in [7, 11) is 0. The summed E-state index contributed by atoms with van der Waals surface area (Å²) in [6.45, 7) is 14.0. The van der Waals surface area contributed by atoms with E-state index in [-0.39, 0.29) is 12.1 Å². The number of carbonyl (C=O) groups excluding carboxylic acids is 1. The van der Waals surface area contributed by atoms with E-state index >= 15 is 0 Å². The van der Waals surface area contributed by atoms with Crippen LogP contribution in [0.15, 0.2) is 54.6 Å². The van der Waals surface area contributed by atoms with Gasteiger partial charge in [-0.1, -0.05) is 68.4 Å². The third-order valence-corrected chi connectivity index (χ3v) is 6.54. The fourth-order valence-corrected chi connectivity index (χ4v) is 3.95. The van der Waals surface area contributed by atoms with Gasteiger partial charge in [0.05, 0.1) is 13.2 Å². The molecule has 0 spiro atoms. The average Bonchev–Trinajstić information content (AvgIpc) is 2.85. The van der Waals surface area contributed by atoms with Crippen LogP contribution in [-0.4, -0.2) is 61.3 Å². The van der Waals surface area contributed by atoms with Crippen LogP contribution >= 0.6 is 0 Å². The van der Waals surface area contributed by atoms with Crippen molar-refractivity contribution in [2.24, 2.45) is 5.92 Å². The van der Waals surface area contributed by atoms with Gasteiger partial charge in [0, 0.05) is 51.9 Å². The first-order valence-electron chi connectivity index (χ1n) is 12.7. The highest BCUT2D eigenvalue weighted by atomic mass is 16.5. The van der Waals surface area contributed by atoms with Crippen LogP contribution in [0, 0.1) is 5.92 Å². The molecule has 0 aromatic heterocycles. The molecule has 1 aliphatic rings. The van der Waals surface area contributed by atoms with Crippen molar-refractivity contribution < 1.29 is 9.53 Å². The Hall–Kier alpha value is -2.41. The number of nitrogens with zero attached hydrogens (tertiary/aromatic N) is 2. The Balaban J connectivity index is 1.52. The zero-order valence-corrected chi connectivity index (χ0v) is 21.1. The molecular weight excluding hydrogens is 424 g/mol. The maximum absolute atomic E-state index is 13.1. The summed E-state index contributed by atoms with van der Waals surface area (Å²) >= 11 is 0. The third-order valence-electron chi connectivity index (χ3n) is 6.54. The molecule has 6 nitrogen and oxygen atoms in total. The molecule has 3 rings (SSSR count). The van der Waals surface area contributed by atoms with Crippen LogP contribution in [0.2, 0.25) is 0 Å². The Morgan fingerprint density at radius 1 is 0.941 bits per heavy atom. The number of urea groups is 1. The van der Waals surface area contributed by atoms with E-state index in [1.54, 1.807) is 0 Å². The number of ether oxygens (including phenoxy) is 1. The molecule has 0 saturated carbocycles. The van der Waals surface area contributed by atoms with Gasteiger partial charge < -0.3 is 20.3 Å². The summed E-state index contributed by atoms with van der Waals surface area (Å²) in [6, 6.07) is 19.2. The highest BCUT2D eigenvalue weighted by Gasteiger charge is 2.18. The molecule has 6 heteroatoms. The lowest BCUT2D eigenvalue weighted by Crippen LogP contribution is -2.46. The minimum atomic E-state index is 0.0248. The first-order chi connectivity index (χ1) is 16.5. The summed E-state index contributed by atoms with van der Waals surface area (Å²) in [4.78, 5) is 17.4. The van der Waals surface area contributed by atoms with Crippen molar-refractivity contribution in [3.8, 4) is 0 Å². The highest BCUT2D eigenvalue weighted by molar-refractivity contribution is 5.74. The van der Waals surface area contributed by atoms with Gasteiger partial charge in [-0.25, -0.2) is 4.79 Å². The minimum absolute atomic E-state index is 0.0248. The van der Waals surface area contributed by atoms with E-state index in [1.165, 1.54) is 11.1 Å². The molecule has 0 aliphatic carbocycles. The second kappa shape index (κ2) is 14.1. The summed E-state index contributed by atoms with van der Waals surface area (Å²) in [5.74, 6) is 0.404. The van der Waals surface area contributed by atoms with Crippen LogP contribution in [0.25, 0.3) is 0 Å². The highest BCUT2D eigenvalue weighted by Crippen LogP contribution is 2.11. The summed E-state index contributed by atoms with van der Waals surface area (Å²) in [5.41, 5.74) is 3.69. The Morgan fingerprint density at radius 2 is 1.56 bits per heavy atom. The molecule has 1 atom stereocenters. The topological polar surface area (TPSA) is 56.8 Å². The predicted octanol–water partition coefficient (Wildman–Crippen LogP) is 4.25. The molecule has 0 bridgehead atoms. The molecule has 2 aromatic rings. The summed E-state index contributed by atoms with van der Waals surface area (Å²) in [6.07, 6.45) is 0.963. The minimum Gasteiger partial charge on any atom is -0.379 e. The van der Waals surface area contributed by atoms with Crippen LogP contribution in [0.1, 0.15) is 43.9 Å². The van der Waals surface area contributed by atoms with Crippen molar-refractivity contribution in [3.63, 3.8) is 0 Å². The van der Waals surface area contributed by atoms with Crippen LogP contribution in [0.3, 0.4) is 0 Å². The smallest absolute Gasteiger partial charge is 0.317 e. The van der Waals surface area contributed by atoms with Crippen molar-refractivity contribution in [3.05, 3.63) is 71.3 Å². The van der Waals surface area contributed by atoms with Crippen LogP contribution in [0.4, 0.5) is 4.79 Å². The lowest BCUT2D eigenvalue weighted by molar-refractivity contribution is 0.0364. The van der Waals surface area contributed by atoms with E-state index in [1.807, 2.05) is 11.0 Å². The molecule has 2 N–H and O–H groups in total. The number of nitrogens with one attached hydrogen (secondary N) is 2. The van der Waals surface area contributed by atoms with Crippen molar-refractivity contribution in [2.75, 3.05) is 39.4 Å². The van der Waals surface area contributed by atoms with Crippen molar-refractivity contribution in [1.29, 1.82) is 0 Å². The third kappa shape index (κ3) is 9.09. The van der Waals surface area contributed by atoms with Gasteiger partial charge >= 0.3 is 6.03 Å². The molecule has 0 unspecified atom stereocenters. The molecule has 1 aliphatic heterocycles. The number of rotatable bonds is 12. The predicted molar refractivity (Wildman–Crippen MR) is 139 cm³/mol. The van der Waals surface area contributed by atoms with Gasteiger partial charge in [0.15, 0.2) is 0 Å². The van der Waals surface area contributed by atoms with Gasteiger partial charge in [-0.05, 0) is 36.0 Å². The van der Waals surface area contributed by atoms with Crippen LogP contribution in [0.5, 0.6) is 0 Å². The van der Waals surface area contributed by atoms with E-state index < -0.39 is 0 Å². The van der Waals surface area contributed by atoms with Gasteiger partial charge in [0.25, 0.3) is 0 Å². The zero-order valence-electron chi connectivity index (χ0n) is 21.1. The van der Waals surface area contributed by atoms with Crippen molar-refractivity contribution in [2.45, 2.75) is 52.9 Å². The maximum Gasteiger partial charge on any atom is 0.317 e. The second-order valence-corrected chi connectivity index (χ2v) is 9.62. The zero-order chi connectivity index (χ0) is 24.2. The number of hydrogen-bond acceptors (Lipinski definition) is 4. The molecule has 0 radical (unpaired) electrons. The Morgan fingerprint density at radius 3 is 2.21 bits per heavy atom. The van der Waals surface area contributed by atoms with Crippen LogP contribution in [-0.2, 0) is 24.4 Å². The normalized spacial score (nSPS) is 15.3. The van der Waals surface area contributed by atoms with Gasteiger partial charge in [-0.15, -0.1) is 0 Å². The first-order valence-corrected chi connectivity index (χ1v) is 12.7. The average molecular weight is 467 g/mol. The molecule has 34 heavy (non-hydrogen) atoms. The number of hydrogen-bond donors (Lipinski definition) is 2. The SMILES string of the molecule is CC(C)[C@H](C)NC(=O)N(CCCN1CCOCC1)Cc1ccc(CNCc2ccccc2)cc1. The van der Waals surface area contributed by atoms with E-state index in [2.05, 4.69) is 84.8 Å². The molecule has 1 fully saturated rings. The molecule has 1 saturated heterocycles. The molecular formula is C28H42N4O2. The largest absolute Gasteiger partial charge is 0.379 e. The van der Waals surface area contributed by atoms with Gasteiger partial charge in [0.1, 0.15) is 0 Å². The van der Waals surface area contributed by atoms with Crippen molar-refractivity contribution in [1.82, 2.24) is 20.4 Å². The standard InChI is InChI=1S/C28H42N4O2/c1-23(2)24(3)30-28(33)32(15-7-14-31-16-18-34-19-17-31)22-27-12-10-26(11-13-27)21-29-20-25-8-5-4-6-9-25/h4-6,8-13,23-24,29H,7,14-22H2,1-3H3,(H,30,33)/t24-/m0/s1. The first kappa shape index (κ1) is 26.2. The fourth-order valence-electron chi connectivity index (χ4n) is 3.95. The monoisotopic (exact) mass is 466 g/mol. The second-order valence-electron chi connectivity index (χ2n) is 9.62. The van der Waals surface area contributed by atoms with Crippen LogP contribution < -0.4 is 10.6 Å². The maximum atomic E-state index is 13.1.